The Labute approximate surface area is 73.2 Å². The van der Waals surface area contributed by atoms with Crippen LogP contribution in [0.4, 0.5) is 0 Å². The Bertz CT molecular complexity index is 132. The van der Waals surface area contributed by atoms with Crippen molar-refractivity contribution >= 4 is 6.41 Å². The molecule has 1 aliphatic rings. The van der Waals surface area contributed by atoms with E-state index in [9.17, 15) is 9.90 Å². The number of carbonyl (C=O) groups is 1. The Hall–Kier alpha value is -0.570. The molecule has 0 aliphatic heterocycles. The zero-order valence-electron chi connectivity index (χ0n) is 7.33. The van der Waals surface area contributed by atoms with E-state index in [2.05, 4.69) is 5.32 Å². The highest BCUT2D eigenvalue weighted by Gasteiger charge is 2.16. The van der Waals surface area contributed by atoms with Crippen LogP contribution in [0.2, 0.25) is 0 Å². The first-order valence-electron chi connectivity index (χ1n) is 4.70. The predicted molar refractivity (Wildman–Crippen MR) is 46.4 cm³/mol. The van der Waals surface area contributed by atoms with Gasteiger partial charge in [-0.15, -0.1) is 0 Å². The van der Waals surface area contributed by atoms with E-state index >= 15 is 0 Å². The van der Waals surface area contributed by atoms with Crippen molar-refractivity contribution in [2.24, 2.45) is 5.92 Å². The van der Waals surface area contributed by atoms with Gasteiger partial charge in [-0.3, -0.25) is 4.79 Å². The number of rotatable bonds is 4. The van der Waals surface area contributed by atoms with Crippen LogP contribution in [0.3, 0.4) is 0 Å². The van der Waals surface area contributed by atoms with Crippen molar-refractivity contribution in [1.29, 1.82) is 0 Å². The molecule has 1 unspecified atom stereocenters. The molecule has 1 rings (SSSR count). The van der Waals surface area contributed by atoms with Crippen molar-refractivity contribution in [3.8, 4) is 0 Å². The third-order valence-electron chi connectivity index (χ3n) is 2.54. The first-order chi connectivity index (χ1) is 5.83. The molecular weight excluding hydrogens is 154 g/mol. The van der Waals surface area contributed by atoms with E-state index in [4.69, 9.17) is 0 Å². The number of hydrogen-bond donors (Lipinski definition) is 2. The largest absolute Gasteiger partial charge is 0.374 e. The molecule has 0 heterocycles. The number of nitrogens with one attached hydrogen (secondary N) is 1. The molecule has 1 fully saturated rings. The highest BCUT2D eigenvalue weighted by atomic mass is 16.3. The molecule has 0 saturated heterocycles. The van der Waals surface area contributed by atoms with Crippen LogP contribution in [0.1, 0.15) is 38.5 Å². The lowest BCUT2D eigenvalue weighted by atomic mass is 9.86. The fourth-order valence-corrected chi connectivity index (χ4v) is 1.89. The van der Waals surface area contributed by atoms with Crippen molar-refractivity contribution in [2.75, 3.05) is 0 Å². The quantitative estimate of drug-likeness (QED) is 0.490. The highest BCUT2D eigenvalue weighted by Crippen LogP contribution is 2.26. The average Bonchev–Trinajstić information content (AvgIpc) is 2.06. The summed E-state index contributed by atoms with van der Waals surface area (Å²) in [5.41, 5.74) is 0. The molecule has 1 aliphatic carbocycles. The summed E-state index contributed by atoms with van der Waals surface area (Å²) < 4.78 is 0. The van der Waals surface area contributed by atoms with Gasteiger partial charge in [0.15, 0.2) is 0 Å². The third-order valence-corrected chi connectivity index (χ3v) is 2.54. The molecule has 0 aromatic rings. The number of aliphatic hydroxyl groups is 1. The molecule has 2 N–H and O–H groups in total. The standard InChI is InChI=1S/C9H17NO2/c11-7-10-9(12)6-8-4-2-1-3-5-8/h7-9,12H,1-6H2,(H,10,11). The third kappa shape index (κ3) is 3.22. The Morgan fingerprint density at radius 1 is 1.42 bits per heavy atom. The lowest BCUT2D eigenvalue weighted by Gasteiger charge is -2.23. The van der Waals surface area contributed by atoms with E-state index in [1.54, 1.807) is 0 Å². The van der Waals surface area contributed by atoms with Gasteiger partial charge < -0.3 is 10.4 Å². The molecule has 70 valence electrons. The number of hydrogen-bond acceptors (Lipinski definition) is 2. The molecule has 0 aromatic carbocycles. The van der Waals surface area contributed by atoms with E-state index in [-0.39, 0.29) is 0 Å². The Kier molecular flexibility index (Phi) is 4.08. The van der Waals surface area contributed by atoms with Crippen molar-refractivity contribution in [1.82, 2.24) is 5.32 Å². The first kappa shape index (κ1) is 9.52. The molecule has 3 heteroatoms. The topological polar surface area (TPSA) is 49.3 Å². The van der Waals surface area contributed by atoms with Crippen molar-refractivity contribution in [3.05, 3.63) is 0 Å². The minimum absolute atomic E-state index is 0.563. The van der Waals surface area contributed by atoms with Crippen LogP contribution >= 0.6 is 0 Å². The molecule has 1 atom stereocenters. The lowest BCUT2D eigenvalue weighted by molar-refractivity contribution is -0.112. The van der Waals surface area contributed by atoms with Crippen LogP contribution in [-0.4, -0.2) is 17.7 Å². The van der Waals surface area contributed by atoms with Crippen molar-refractivity contribution < 1.29 is 9.90 Å². The average molecular weight is 171 g/mol. The fourth-order valence-electron chi connectivity index (χ4n) is 1.89. The number of carbonyl (C=O) groups excluding carboxylic acids is 1. The summed E-state index contributed by atoms with van der Waals surface area (Å²) in [5.74, 6) is 0.612. The van der Waals surface area contributed by atoms with Gasteiger partial charge >= 0.3 is 0 Å². The normalized spacial score (nSPS) is 21.8. The van der Waals surface area contributed by atoms with Crippen molar-refractivity contribution in [2.45, 2.75) is 44.8 Å². The maximum absolute atomic E-state index is 9.99. The summed E-state index contributed by atoms with van der Waals surface area (Å²) in [6, 6.07) is 0. The van der Waals surface area contributed by atoms with Gasteiger partial charge in [0.2, 0.25) is 6.41 Å². The zero-order valence-corrected chi connectivity index (χ0v) is 7.33. The second-order valence-corrected chi connectivity index (χ2v) is 3.54. The summed E-state index contributed by atoms with van der Waals surface area (Å²) in [6.45, 7) is 0. The summed E-state index contributed by atoms with van der Waals surface area (Å²) >= 11 is 0. The van der Waals surface area contributed by atoms with Gasteiger partial charge in [-0.25, -0.2) is 0 Å². The molecule has 1 saturated carbocycles. The van der Waals surface area contributed by atoms with Crippen LogP contribution in [0, 0.1) is 5.92 Å². The minimum atomic E-state index is -0.634. The molecule has 0 aromatic heterocycles. The van der Waals surface area contributed by atoms with Gasteiger partial charge in [0.1, 0.15) is 6.23 Å². The van der Waals surface area contributed by atoms with Crippen LogP contribution in [0.5, 0.6) is 0 Å². The molecular formula is C9H17NO2. The zero-order chi connectivity index (χ0) is 8.81. The van der Waals surface area contributed by atoms with Gasteiger partial charge in [-0.1, -0.05) is 32.1 Å². The van der Waals surface area contributed by atoms with E-state index in [0.717, 1.165) is 6.42 Å². The number of amides is 1. The smallest absolute Gasteiger partial charge is 0.209 e. The van der Waals surface area contributed by atoms with Crippen LogP contribution < -0.4 is 5.32 Å². The second kappa shape index (κ2) is 5.14. The number of aliphatic hydroxyl groups excluding tert-OH is 1. The summed E-state index contributed by atoms with van der Waals surface area (Å²) in [7, 11) is 0. The van der Waals surface area contributed by atoms with E-state index in [0.29, 0.717) is 12.3 Å². The Morgan fingerprint density at radius 2 is 2.08 bits per heavy atom. The van der Waals surface area contributed by atoms with Crippen molar-refractivity contribution in [3.63, 3.8) is 0 Å². The van der Waals surface area contributed by atoms with E-state index < -0.39 is 6.23 Å². The van der Waals surface area contributed by atoms with Crippen LogP contribution in [0.25, 0.3) is 0 Å². The highest BCUT2D eigenvalue weighted by molar-refractivity contribution is 5.46. The Morgan fingerprint density at radius 3 is 2.67 bits per heavy atom. The molecule has 0 spiro atoms. The Balaban J connectivity index is 2.15. The maximum Gasteiger partial charge on any atom is 0.209 e. The molecule has 0 bridgehead atoms. The summed E-state index contributed by atoms with van der Waals surface area (Å²) in [5, 5.41) is 11.6. The monoisotopic (exact) mass is 171 g/mol. The lowest BCUT2D eigenvalue weighted by Crippen LogP contribution is -2.30. The van der Waals surface area contributed by atoms with Crippen LogP contribution in [-0.2, 0) is 4.79 Å². The minimum Gasteiger partial charge on any atom is -0.374 e. The fraction of sp³-hybridized carbons (Fsp3) is 0.889. The second-order valence-electron chi connectivity index (χ2n) is 3.54. The molecule has 0 radical (unpaired) electrons. The SMILES string of the molecule is O=CNC(O)CC1CCCCC1. The summed E-state index contributed by atoms with van der Waals surface area (Å²) in [4.78, 5) is 9.99. The summed E-state index contributed by atoms with van der Waals surface area (Å²) in [6.07, 6.45) is 6.94. The van der Waals surface area contributed by atoms with Gasteiger partial charge in [-0.05, 0) is 12.3 Å². The van der Waals surface area contributed by atoms with Gasteiger partial charge in [0, 0.05) is 0 Å². The van der Waals surface area contributed by atoms with Gasteiger partial charge in [-0.2, -0.15) is 0 Å². The van der Waals surface area contributed by atoms with Gasteiger partial charge in [0.25, 0.3) is 0 Å². The van der Waals surface area contributed by atoms with E-state index in [1.807, 2.05) is 0 Å². The van der Waals surface area contributed by atoms with Crippen LogP contribution in [0.15, 0.2) is 0 Å². The van der Waals surface area contributed by atoms with Gasteiger partial charge in [0.05, 0.1) is 0 Å². The molecule has 1 amide bonds. The first-order valence-corrected chi connectivity index (χ1v) is 4.70. The van der Waals surface area contributed by atoms with E-state index in [1.165, 1.54) is 32.1 Å². The maximum atomic E-state index is 9.99. The molecule has 12 heavy (non-hydrogen) atoms. The predicted octanol–water partition coefficient (Wildman–Crippen LogP) is 1.02. The molecule has 3 nitrogen and oxygen atoms in total.